The molecule has 2 N–H and O–H groups in total. The van der Waals surface area contributed by atoms with Crippen LogP contribution in [-0.2, 0) is 4.79 Å². The van der Waals surface area contributed by atoms with E-state index in [2.05, 4.69) is 10.3 Å². The van der Waals surface area contributed by atoms with E-state index < -0.39 is 0 Å². The van der Waals surface area contributed by atoms with Crippen LogP contribution < -0.4 is 14.8 Å². The number of hydrogen-bond acceptors (Lipinski definition) is 3. The fourth-order valence-corrected chi connectivity index (χ4v) is 2.25. The average molecular weight is 270 g/mol. The van der Waals surface area contributed by atoms with Gasteiger partial charge in [-0.25, -0.2) is 0 Å². The molecule has 0 bridgehead atoms. The smallest absolute Gasteiger partial charge is 0.256 e. The quantitative estimate of drug-likeness (QED) is 0.842. The molecule has 5 nitrogen and oxygen atoms in total. The predicted octanol–water partition coefficient (Wildman–Crippen LogP) is 2.52. The molecule has 5 heteroatoms. The zero-order chi connectivity index (χ0) is 14.1. The summed E-state index contributed by atoms with van der Waals surface area (Å²) in [7, 11) is 3.14. The molecule has 102 valence electrons. The van der Waals surface area contributed by atoms with Crippen molar-refractivity contribution < 1.29 is 14.3 Å². The Bertz CT molecular complexity index is 687. The van der Waals surface area contributed by atoms with Crippen molar-refractivity contribution in [3.05, 3.63) is 41.7 Å². The number of nitrogens with one attached hydrogen (secondary N) is 2. The van der Waals surface area contributed by atoms with Gasteiger partial charge in [0.05, 0.1) is 25.5 Å². The topological polar surface area (TPSA) is 63.4 Å². The number of amides is 1. The molecule has 1 aliphatic rings. The summed E-state index contributed by atoms with van der Waals surface area (Å²) in [6.07, 6.45) is 3.63. The van der Waals surface area contributed by atoms with Gasteiger partial charge in [0.25, 0.3) is 5.91 Å². The molecule has 3 rings (SSSR count). The SMILES string of the molecule is COc1cc2c(cc1OC)/C(=C/c1ccc[nH]1)C(=O)N2. The normalized spacial score (nSPS) is 15.1. The van der Waals surface area contributed by atoms with Crippen molar-refractivity contribution in [1.82, 2.24) is 4.98 Å². The molecule has 20 heavy (non-hydrogen) atoms. The lowest BCUT2D eigenvalue weighted by Gasteiger charge is -2.09. The van der Waals surface area contributed by atoms with E-state index >= 15 is 0 Å². The van der Waals surface area contributed by atoms with Gasteiger partial charge in [-0.2, -0.15) is 0 Å². The van der Waals surface area contributed by atoms with Gasteiger partial charge in [-0.05, 0) is 24.3 Å². The Kier molecular flexibility index (Phi) is 2.95. The highest BCUT2D eigenvalue weighted by Gasteiger charge is 2.26. The van der Waals surface area contributed by atoms with Crippen LogP contribution in [-0.4, -0.2) is 25.1 Å². The highest BCUT2D eigenvalue weighted by Crippen LogP contribution is 2.40. The largest absolute Gasteiger partial charge is 0.493 e. The Morgan fingerprint density at radius 3 is 2.55 bits per heavy atom. The van der Waals surface area contributed by atoms with Gasteiger partial charge in [-0.3, -0.25) is 4.79 Å². The Morgan fingerprint density at radius 1 is 1.15 bits per heavy atom. The van der Waals surface area contributed by atoms with E-state index in [4.69, 9.17) is 9.47 Å². The first kappa shape index (κ1) is 12.3. The fraction of sp³-hybridized carbons (Fsp3) is 0.133. The number of hydrogen-bond donors (Lipinski definition) is 2. The minimum atomic E-state index is -0.134. The van der Waals surface area contributed by atoms with Crippen molar-refractivity contribution in [1.29, 1.82) is 0 Å². The molecule has 1 aliphatic heterocycles. The van der Waals surface area contributed by atoms with Crippen molar-refractivity contribution in [3.8, 4) is 11.5 Å². The highest BCUT2D eigenvalue weighted by atomic mass is 16.5. The second-order valence-corrected chi connectivity index (χ2v) is 4.39. The van der Waals surface area contributed by atoms with Crippen LogP contribution in [0, 0.1) is 0 Å². The summed E-state index contributed by atoms with van der Waals surface area (Å²) < 4.78 is 10.5. The number of benzene rings is 1. The van der Waals surface area contributed by atoms with E-state index in [0.29, 0.717) is 17.1 Å². The van der Waals surface area contributed by atoms with Crippen LogP contribution in [0.25, 0.3) is 11.6 Å². The van der Waals surface area contributed by atoms with E-state index in [9.17, 15) is 4.79 Å². The molecule has 0 unspecified atom stereocenters. The van der Waals surface area contributed by atoms with Crippen LogP contribution >= 0.6 is 0 Å². The maximum atomic E-state index is 12.1. The Labute approximate surface area is 116 Å². The lowest BCUT2D eigenvalue weighted by atomic mass is 10.1. The molecule has 1 aromatic carbocycles. The summed E-state index contributed by atoms with van der Waals surface area (Å²) in [6.45, 7) is 0. The van der Waals surface area contributed by atoms with Crippen LogP contribution in [0.4, 0.5) is 5.69 Å². The molecule has 2 heterocycles. The number of rotatable bonds is 3. The second-order valence-electron chi connectivity index (χ2n) is 4.39. The van der Waals surface area contributed by atoms with Crippen molar-refractivity contribution >= 4 is 23.2 Å². The van der Waals surface area contributed by atoms with Gasteiger partial charge in [-0.15, -0.1) is 0 Å². The number of aromatic amines is 1. The molecule has 0 radical (unpaired) electrons. The maximum absolute atomic E-state index is 12.1. The lowest BCUT2D eigenvalue weighted by molar-refractivity contribution is -0.110. The third kappa shape index (κ3) is 1.93. The maximum Gasteiger partial charge on any atom is 0.256 e. The van der Waals surface area contributed by atoms with Crippen LogP contribution in [0.3, 0.4) is 0 Å². The third-order valence-corrected chi connectivity index (χ3v) is 3.23. The summed E-state index contributed by atoms with van der Waals surface area (Å²) in [5.74, 6) is 1.05. The Hall–Kier alpha value is -2.69. The first-order valence-electron chi connectivity index (χ1n) is 6.15. The summed E-state index contributed by atoms with van der Waals surface area (Å²) in [4.78, 5) is 15.1. The van der Waals surface area contributed by atoms with Crippen LogP contribution in [0.1, 0.15) is 11.3 Å². The molecular formula is C15H14N2O3. The van der Waals surface area contributed by atoms with Crippen LogP contribution in [0.5, 0.6) is 11.5 Å². The summed E-state index contributed by atoms with van der Waals surface area (Å²) >= 11 is 0. The highest BCUT2D eigenvalue weighted by molar-refractivity contribution is 6.35. The van der Waals surface area contributed by atoms with Crippen molar-refractivity contribution in [2.45, 2.75) is 0 Å². The predicted molar refractivity (Wildman–Crippen MR) is 76.8 cm³/mol. The van der Waals surface area contributed by atoms with Crippen LogP contribution in [0.15, 0.2) is 30.5 Å². The molecular weight excluding hydrogens is 256 g/mol. The summed E-state index contributed by atoms with van der Waals surface area (Å²) in [5.41, 5.74) is 3.01. The van der Waals surface area contributed by atoms with Crippen molar-refractivity contribution in [2.24, 2.45) is 0 Å². The standard InChI is InChI=1S/C15H14N2O3/c1-19-13-7-10-11(6-9-4-3-5-16-9)15(18)17-12(10)8-14(13)20-2/h3-8,16H,1-2H3,(H,17,18)/b11-6-. The van der Waals surface area contributed by atoms with Gasteiger partial charge >= 0.3 is 0 Å². The minimum absolute atomic E-state index is 0.134. The van der Waals surface area contributed by atoms with E-state index in [1.807, 2.05) is 24.4 Å². The van der Waals surface area contributed by atoms with Gasteiger partial charge in [0.15, 0.2) is 11.5 Å². The summed E-state index contributed by atoms with van der Waals surface area (Å²) in [6, 6.07) is 7.36. The molecule has 0 aliphatic carbocycles. The van der Waals surface area contributed by atoms with E-state index in [-0.39, 0.29) is 5.91 Å². The Balaban J connectivity index is 2.12. The second kappa shape index (κ2) is 4.77. The average Bonchev–Trinajstić information content (AvgIpc) is 3.06. The van der Waals surface area contributed by atoms with Crippen molar-refractivity contribution in [3.63, 3.8) is 0 Å². The number of carbonyl (C=O) groups excluding carboxylic acids is 1. The number of aromatic nitrogens is 1. The number of fused-ring (bicyclic) bond motifs is 1. The first-order chi connectivity index (χ1) is 9.72. The van der Waals surface area contributed by atoms with Gasteiger partial charge in [0.2, 0.25) is 0 Å². The molecule has 1 amide bonds. The minimum Gasteiger partial charge on any atom is -0.493 e. The third-order valence-electron chi connectivity index (χ3n) is 3.23. The van der Waals surface area contributed by atoms with Gasteiger partial charge in [0.1, 0.15) is 0 Å². The lowest BCUT2D eigenvalue weighted by Crippen LogP contribution is -2.03. The van der Waals surface area contributed by atoms with Gasteiger partial charge < -0.3 is 19.8 Å². The molecule has 1 aromatic heterocycles. The van der Waals surface area contributed by atoms with E-state index in [1.54, 1.807) is 26.4 Å². The molecule has 2 aromatic rings. The summed E-state index contributed by atoms with van der Waals surface area (Å²) in [5, 5.41) is 2.83. The van der Waals surface area contributed by atoms with E-state index in [0.717, 1.165) is 16.9 Å². The number of carbonyl (C=O) groups is 1. The molecule has 0 saturated heterocycles. The molecule has 0 spiro atoms. The number of ether oxygens (including phenoxy) is 2. The molecule has 0 fully saturated rings. The molecule has 0 saturated carbocycles. The van der Waals surface area contributed by atoms with Gasteiger partial charge in [0, 0.05) is 23.5 Å². The zero-order valence-electron chi connectivity index (χ0n) is 11.2. The monoisotopic (exact) mass is 270 g/mol. The van der Waals surface area contributed by atoms with E-state index in [1.165, 1.54) is 0 Å². The Morgan fingerprint density at radius 2 is 1.90 bits per heavy atom. The van der Waals surface area contributed by atoms with Gasteiger partial charge in [-0.1, -0.05) is 0 Å². The number of anilines is 1. The van der Waals surface area contributed by atoms with Crippen LogP contribution in [0.2, 0.25) is 0 Å². The zero-order valence-corrected chi connectivity index (χ0v) is 11.2. The fourth-order valence-electron chi connectivity index (χ4n) is 2.25. The van der Waals surface area contributed by atoms with Crippen molar-refractivity contribution in [2.75, 3.05) is 19.5 Å². The number of methoxy groups -OCH3 is 2. The number of H-pyrrole nitrogens is 1. The first-order valence-corrected chi connectivity index (χ1v) is 6.15. The molecule has 0 atom stereocenters.